The van der Waals surface area contributed by atoms with Gasteiger partial charge < -0.3 is 9.84 Å². The van der Waals surface area contributed by atoms with Crippen molar-refractivity contribution < 1.29 is 22.5 Å². The molecule has 140 valence electrons. The number of aromatic nitrogens is 2. The zero-order valence-corrected chi connectivity index (χ0v) is 14.2. The minimum atomic E-state index is -4.41. The number of nitrogens with one attached hydrogen (secondary N) is 1. The van der Waals surface area contributed by atoms with Gasteiger partial charge in [0.05, 0.1) is 5.56 Å². The summed E-state index contributed by atoms with van der Waals surface area (Å²) in [7, 11) is 0. The molecule has 1 fully saturated rings. The maximum absolute atomic E-state index is 12.6. The first-order valence-corrected chi connectivity index (χ1v) is 8.42. The molecule has 3 rings (SSSR count). The zero-order chi connectivity index (χ0) is 18.7. The van der Waals surface area contributed by atoms with Gasteiger partial charge in [0, 0.05) is 18.2 Å². The van der Waals surface area contributed by atoms with Crippen LogP contribution in [0.25, 0.3) is 11.4 Å². The lowest BCUT2D eigenvalue weighted by molar-refractivity contribution is -0.137. The summed E-state index contributed by atoms with van der Waals surface area (Å²) in [6.45, 7) is 4.52. The molecule has 1 aromatic carbocycles. The number of likely N-dealkylation sites (N-methyl/N-ethyl adjacent to an activating group) is 1. The van der Waals surface area contributed by atoms with Crippen LogP contribution in [-0.4, -0.2) is 46.6 Å². The van der Waals surface area contributed by atoms with Gasteiger partial charge >= 0.3 is 18.0 Å². The Morgan fingerprint density at radius 2 is 2.08 bits per heavy atom. The van der Waals surface area contributed by atoms with Crippen LogP contribution >= 0.6 is 0 Å². The van der Waals surface area contributed by atoms with Crippen molar-refractivity contribution in [2.45, 2.75) is 32.0 Å². The van der Waals surface area contributed by atoms with Gasteiger partial charge in [0.25, 0.3) is 0 Å². The molecule has 2 heterocycles. The van der Waals surface area contributed by atoms with Crippen LogP contribution in [0.4, 0.5) is 13.2 Å². The average molecular weight is 368 g/mol. The third-order valence-electron chi connectivity index (χ3n) is 4.49. The number of halogens is 3. The van der Waals surface area contributed by atoms with Gasteiger partial charge in [-0.1, -0.05) is 24.2 Å². The maximum Gasteiger partial charge on any atom is 0.416 e. The Bertz CT molecular complexity index is 758. The molecule has 1 aliphatic heterocycles. The van der Waals surface area contributed by atoms with Gasteiger partial charge in [0.15, 0.2) is 0 Å². The van der Waals surface area contributed by atoms with Crippen LogP contribution < -0.4 is 5.32 Å². The van der Waals surface area contributed by atoms with Crippen molar-refractivity contribution in [3.05, 3.63) is 35.7 Å². The first-order valence-electron chi connectivity index (χ1n) is 8.42. The summed E-state index contributed by atoms with van der Waals surface area (Å²) >= 11 is 0. The first-order chi connectivity index (χ1) is 12.4. The molecule has 1 saturated heterocycles. The Hall–Kier alpha value is -2.42. The summed E-state index contributed by atoms with van der Waals surface area (Å²) in [5.41, 5.74) is -0.423. The third kappa shape index (κ3) is 4.04. The van der Waals surface area contributed by atoms with Crippen molar-refractivity contribution >= 4 is 5.91 Å². The molecule has 1 N–H and O–H groups in total. The van der Waals surface area contributed by atoms with Crippen LogP contribution in [0, 0.1) is 0 Å². The quantitative estimate of drug-likeness (QED) is 0.879. The highest BCUT2D eigenvalue weighted by atomic mass is 19.4. The molecule has 0 aliphatic carbocycles. The predicted octanol–water partition coefficient (Wildman–Crippen LogP) is 2.97. The Kier molecular flexibility index (Phi) is 5.26. The summed E-state index contributed by atoms with van der Waals surface area (Å²) in [5.74, 6) is -0.625. The van der Waals surface area contributed by atoms with E-state index >= 15 is 0 Å². The lowest BCUT2D eigenvalue weighted by Gasteiger charge is -2.22. The molecule has 0 saturated carbocycles. The van der Waals surface area contributed by atoms with E-state index in [1.165, 1.54) is 12.1 Å². The molecule has 0 radical (unpaired) electrons. The molecular formula is C17H19F3N4O2. The third-order valence-corrected chi connectivity index (χ3v) is 4.49. The van der Waals surface area contributed by atoms with Crippen molar-refractivity contribution in [3.8, 4) is 11.4 Å². The van der Waals surface area contributed by atoms with Gasteiger partial charge in [-0.3, -0.25) is 9.69 Å². The normalized spacial score (nSPS) is 18.2. The van der Waals surface area contributed by atoms with E-state index in [9.17, 15) is 18.0 Å². The highest BCUT2D eigenvalue weighted by Gasteiger charge is 2.30. The van der Waals surface area contributed by atoms with Crippen molar-refractivity contribution in [1.82, 2.24) is 20.4 Å². The van der Waals surface area contributed by atoms with E-state index in [0.29, 0.717) is 18.2 Å². The molecular weight excluding hydrogens is 349 g/mol. The lowest BCUT2D eigenvalue weighted by Crippen LogP contribution is -2.40. The van der Waals surface area contributed by atoms with Gasteiger partial charge in [0.2, 0.25) is 5.82 Å². The van der Waals surface area contributed by atoms with E-state index in [4.69, 9.17) is 4.52 Å². The Morgan fingerprint density at radius 1 is 1.35 bits per heavy atom. The predicted molar refractivity (Wildman–Crippen MR) is 87.3 cm³/mol. The number of amides is 1. The average Bonchev–Trinajstić information content (AvgIpc) is 3.28. The number of nitrogens with zero attached hydrogens (tertiary/aromatic N) is 3. The van der Waals surface area contributed by atoms with Gasteiger partial charge in [-0.2, -0.15) is 18.2 Å². The second-order valence-electron chi connectivity index (χ2n) is 6.13. The lowest BCUT2D eigenvalue weighted by atomic mass is 10.1. The number of rotatable bonds is 5. The summed E-state index contributed by atoms with van der Waals surface area (Å²) in [6.07, 6.45) is -2.28. The number of carbonyl (C=O) groups excluding carboxylic acids is 1. The van der Waals surface area contributed by atoms with Gasteiger partial charge in [-0.25, -0.2) is 0 Å². The molecule has 0 spiro atoms. The zero-order valence-electron chi connectivity index (χ0n) is 14.2. The Morgan fingerprint density at radius 3 is 2.73 bits per heavy atom. The molecule has 0 unspecified atom stereocenters. The van der Waals surface area contributed by atoms with E-state index in [-0.39, 0.29) is 11.7 Å². The van der Waals surface area contributed by atoms with E-state index in [1.807, 2.05) is 0 Å². The maximum atomic E-state index is 12.6. The van der Waals surface area contributed by atoms with Crippen molar-refractivity contribution in [3.63, 3.8) is 0 Å². The fourth-order valence-corrected chi connectivity index (χ4v) is 3.07. The fraction of sp³-hybridized carbons (Fsp3) is 0.471. The standard InChI is InChI=1S/C17H19F3N4O2/c1-2-24-9-3-4-13(24)10-21-15(25)16-22-14(23-26-16)11-5-7-12(8-6-11)17(18,19)20/h5-8,13H,2-4,9-10H2,1H3,(H,21,25)/t13-/m1/s1. The topological polar surface area (TPSA) is 71.3 Å². The van der Waals surface area contributed by atoms with Crippen LogP contribution in [-0.2, 0) is 6.18 Å². The SMILES string of the molecule is CCN1CCC[C@@H]1CNC(=O)c1nc(-c2ccc(C(F)(F)F)cc2)no1. The highest BCUT2D eigenvalue weighted by Crippen LogP contribution is 2.30. The number of hydrogen-bond donors (Lipinski definition) is 1. The van der Waals surface area contributed by atoms with Crippen LogP contribution in [0.2, 0.25) is 0 Å². The molecule has 1 amide bonds. The van der Waals surface area contributed by atoms with Crippen molar-refractivity contribution in [1.29, 1.82) is 0 Å². The van der Waals surface area contributed by atoms with E-state index in [1.54, 1.807) is 0 Å². The van der Waals surface area contributed by atoms with Gasteiger partial charge in [-0.05, 0) is 38.1 Å². The van der Waals surface area contributed by atoms with E-state index in [0.717, 1.165) is 38.1 Å². The smallest absolute Gasteiger partial charge is 0.346 e. The molecule has 0 bridgehead atoms. The fourth-order valence-electron chi connectivity index (χ4n) is 3.07. The molecule has 1 atom stereocenters. The second-order valence-corrected chi connectivity index (χ2v) is 6.13. The molecule has 9 heteroatoms. The monoisotopic (exact) mass is 368 g/mol. The summed E-state index contributed by atoms with van der Waals surface area (Å²) < 4.78 is 42.7. The molecule has 2 aromatic rings. The molecule has 6 nitrogen and oxygen atoms in total. The van der Waals surface area contributed by atoms with E-state index < -0.39 is 17.6 Å². The first kappa shape index (κ1) is 18.4. The van der Waals surface area contributed by atoms with Crippen LogP contribution in [0.5, 0.6) is 0 Å². The van der Waals surface area contributed by atoms with Crippen LogP contribution in [0.15, 0.2) is 28.8 Å². The minimum absolute atomic E-state index is 0.0694. The largest absolute Gasteiger partial charge is 0.416 e. The number of carbonyl (C=O) groups is 1. The number of benzene rings is 1. The second kappa shape index (κ2) is 7.45. The molecule has 1 aromatic heterocycles. The van der Waals surface area contributed by atoms with Crippen LogP contribution in [0.3, 0.4) is 0 Å². The summed E-state index contributed by atoms with van der Waals surface area (Å²) in [6, 6.07) is 4.65. The number of likely N-dealkylation sites (tertiary alicyclic amines) is 1. The number of hydrogen-bond acceptors (Lipinski definition) is 5. The molecule has 26 heavy (non-hydrogen) atoms. The molecule has 1 aliphatic rings. The van der Waals surface area contributed by atoms with Gasteiger partial charge in [-0.15, -0.1) is 0 Å². The summed E-state index contributed by atoms with van der Waals surface area (Å²) in [4.78, 5) is 18.4. The van der Waals surface area contributed by atoms with E-state index in [2.05, 4.69) is 27.3 Å². The Balaban J connectivity index is 1.63. The Labute approximate surface area is 148 Å². The van der Waals surface area contributed by atoms with Gasteiger partial charge in [0.1, 0.15) is 0 Å². The summed E-state index contributed by atoms with van der Waals surface area (Å²) in [5, 5.41) is 6.45. The highest BCUT2D eigenvalue weighted by molar-refractivity contribution is 5.89. The van der Waals surface area contributed by atoms with Crippen molar-refractivity contribution in [2.24, 2.45) is 0 Å². The number of alkyl halides is 3. The van der Waals surface area contributed by atoms with Crippen LogP contribution in [0.1, 0.15) is 36.0 Å². The minimum Gasteiger partial charge on any atom is -0.346 e. The van der Waals surface area contributed by atoms with Crippen molar-refractivity contribution in [2.75, 3.05) is 19.6 Å².